The number of esters is 1. The van der Waals surface area contributed by atoms with E-state index in [-0.39, 0.29) is 11.6 Å². The van der Waals surface area contributed by atoms with Gasteiger partial charge in [0, 0.05) is 5.56 Å². The summed E-state index contributed by atoms with van der Waals surface area (Å²) in [6, 6.07) is 13.6. The summed E-state index contributed by atoms with van der Waals surface area (Å²) in [5.41, 5.74) is 1.48. The van der Waals surface area contributed by atoms with Crippen molar-refractivity contribution in [2.24, 2.45) is 4.99 Å². The maximum atomic E-state index is 12.0. The van der Waals surface area contributed by atoms with Crippen molar-refractivity contribution in [1.82, 2.24) is 0 Å². The lowest BCUT2D eigenvalue weighted by molar-refractivity contribution is -0.307. The Kier molecular flexibility index (Phi) is 4.98. The van der Waals surface area contributed by atoms with Crippen molar-refractivity contribution >= 4 is 23.9 Å². The molecule has 7 nitrogen and oxygen atoms in total. The number of aliphatic imine (C=N–C) groups is 1. The number of carbonyl (C=O) groups excluding carboxylic acids is 2. The molecular weight excluding hydrogens is 338 g/mol. The minimum atomic E-state index is -1.30. The third-order valence-corrected chi connectivity index (χ3v) is 3.48. The predicted molar refractivity (Wildman–Crippen MR) is 90.5 cm³/mol. The number of rotatable bonds is 6. The lowest BCUT2D eigenvalue weighted by Gasteiger charge is -2.06. The Labute approximate surface area is 149 Å². The topological polar surface area (TPSA) is 97.3 Å². The summed E-state index contributed by atoms with van der Waals surface area (Å²) in [6.07, 6.45) is 1.57. The molecule has 0 amide bonds. The van der Waals surface area contributed by atoms with Crippen molar-refractivity contribution in [3.8, 4) is 11.5 Å². The molecule has 26 heavy (non-hydrogen) atoms. The van der Waals surface area contributed by atoms with Crippen LogP contribution in [0.15, 0.2) is 59.2 Å². The smallest absolute Gasteiger partial charge is 0.363 e. The fourth-order valence-corrected chi connectivity index (χ4v) is 2.25. The van der Waals surface area contributed by atoms with Gasteiger partial charge in [0.25, 0.3) is 0 Å². The summed E-state index contributed by atoms with van der Waals surface area (Å²) in [5, 5.41) is 10.4. The number of cyclic esters (lactones) is 1. The van der Waals surface area contributed by atoms with Gasteiger partial charge in [-0.2, -0.15) is 0 Å². The van der Waals surface area contributed by atoms with E-state index in [0.29, 0.717) is 22.6 Å². The van der Waals surface area contributed by atoms with Gasteiger partial charge in [-0.05, 0) is 42.0 Å². The quantitative estimate of drug-likeness (QED) is 0.572. The van der Waals surface area contributed by atoms with Crippen molar-refractivity contribution in [2.45, 2.75) is 0 Å². The third-order valence-electron chi connectivity index (χ3n) is 3.48. The maximum Gasteiger partial charge on any atom is 0.363 e. The molecule has 7 heteroatoms. The summed E-state index contributed by atoms with van der Waals surface area (Å²) in [5.74, 6) is -0.643. The zero-order chi connectivity index (χ0) is 18.5. The van der Waals surface area contributed by atoms with E-state index in [1.54, 1.807) is 61.7 Å². The molecule has 0 fully saturated rings. The Morgan fingerprint density at radius 2 is 1.96 bits per heavy atom. The van der Waals surface area contributed by atoms with Crippen LogP contribution in [0.3, 0.4) is 0 Å². The number of carbonyl (C=O) groups is 2. The molecule has 0 unspecified atom stereocenters. The molecule has 0 N–H and O–H groups in total. The Hall–Kier alpha value is -3.61. The van der Waals surface area contributed by atoms with Crippen LogP contribution in [-0.4, -0.2) is 31.6 Å². The van der Waals surface area contributed by atoms with E-state index in [1.165, 1.54) is 0 Å². The average molecular weight is 352 g/mol. The predicted octanol–water partition coefficient (Wildman–Crippen LogP) is 1.17. The summed E-state index contributed by atoms with van der Waals surface area (Å²) in [4.78, 5) is 26.6. The Balaban J connectivity index is 1.78. The van der Waals surface area contributed by atoms with Crippen LogP contribution in [0.4, 0.5) is 0 Å². The highest BCUT2D eigenvalue weighted by molar-refractivity contribution is 6.12. The molecule has 2 aromatic carbocycles. The standard InChI is InChI=1S/C19H15NO6/c1-24-15-4-2-3-13(10-15)18-20-16(19(23)26-18)9-12-5-7-14(8-6-12)25-11-17(21)22/h2-10H,11H2,1H3,(H,21,22)/p-1/b16-9-. The molecule has 2 aromatic rings. The van der Waals surface area contributed by atoms with E-state index < -0.39 is 18.5 Å². The molecule has 0 saturated heterocycles. The first kappa shape index (κ1) is 17.2. The number of nitrogens with zero attached hydrogens (tertiary/aromatic N) is 1. The summed E-state index contributed by atoms with van der Waals surface area (Å²) in [7, 11) is 1.55. The van der Waals surface area contributed by atoms with Gasteiger partial charge in [-0.15, -0.1) is 0 Å². The van der Waals surface area contributed by atoms with E-state index in [4.69, 9.17) is 14.2 Å². The zero-order valence-corrected chi connectivity index (χ0v) is 13.8. The normalized spacial score (nSPS) is 14.7. The first-order chi connectivity index (χ1) is 12.5. The summed E-state index contributed by atoms with van der Waals surface area (Å²) in [6.45, 7) is -0.527. The van der Waals surface area contributed by atoms with Gasteiger partial charge >= 0.3 is 5.97 Å². The highest BCUT2D eigenvalue weighted by Gasteiger charge is 2.24. The molecule has 0 saturated carbocycles. The number of methoxy groups -OCH3 is 1. The average Bonchev–Trinajstić information content (AvgIpc) is 3.02. The molecule has 0 spiro atoms. The summed E-state index contributed by atoms with van der Waals surface area (Å²) >= 11 is 0. The molecule has 132 valence electrons. The summed E-state index contributed by atoms with van der Waals surface area (Å²) < 4.78 is 15.4. The fraction of sp³-hybridized carbons (Fsp3) is 0.105. The molecule has 1 aliphatic heterocycles. The zero-order valence-electron chi connectivity index (χ0n) is 13.8. The third kappa shape index (κ3) is 4.07. The van der Waals surface area contributed by atoms with Crippen LogP contribution in [-0.2, 0) is 14.3 Å². The Morgan fingerprint density at radius 3 is 2.65 bits per heavy atom. The van der Waals surface area contributed by atoms with Crippen LogP contribution in [0.5, 0.6) is 11.5 Å². The van der Waals surface area contributed by atoms with Crippen molar-refractivity contribution in [1.29, 1.82) is 0 Å². The lowest BCUT2D eigenvalue weighted by atomic mass is 10.2. The SMILES string of the molecule is COc1cccc(C2=N/C(=C\c3ccc(OCC(=O)[O-])cc3)C(=O)O2)c1. The van der Waals surface area contributed by atoms with Crippen LogP contribution in [0.2, 0.25) is 0 Å². The monoisotopic (exact) mass is 352 g/mol. The van der Waals surface area contributed by atoms with Crippen LogP contribution in [0.25, 0.3) is 6.08 Å². The number of carboxylic acid groups (broad SMARTS) is 1. The van der Waals surface area contributed by atoms with Gasteiger partial charge in [0.1, 0.15) is 18.1 Å². The van der Waals surface area contributed by atoms with Gasteiger partial charge in [-0.1, -0.05) is 18.2 Å². The fourth-order valence-electron chi connectivity index (χ4n) is 2.25. The molecule has 1 heterocycles. The minimum Gasteiger partial charge on any atom is -0.546 e. The highest BCUT2D eigenvalue weighted by Crippen LogP contribution is 2.22. The van der Waals surface area contributed by atoms with E-state index in [1.807, 2.05) is 0 Å². The number of benzene rings is 2. The van der Waals surface area contributed by atoms with Crippen LogP contribution < -0.4 is 14.6 Å². The van der Waals surface area contributed by atoms with Crippen LogP contribution >= 0.6 is 0 Å². The van der Waals surface area contributed by atoms with Gasteiger partial charge in [0.15, 0.2) is 5.70 Å². The Morgan fingerprint density at radius 1 is 1.19 bits per heavy atom. The molecule has 0 atom stereocenters. The van der Waals surface area contributed by atoms with Gasteiger partial charge in [-0.25, -0.2) is 9.79 Å². The molecule has 0 bridgehead atoms. The second kappa shape index (κ2) is 7.52. The molecule has 0 radical (unpaired) electrons. The first-order valence-corrected chi connectivity index (χ1v) is 7.65. The van der Waals surface area contributed by atoms with Crippen LogP contribution in [0.1, 0.15) is 11.1 Å². The van der Waals surface area contributed by atoms with Crippen molar-refractivity contribution < 1.29 is 28.9 Å². The van der Waals surface area contributed by atoms with E-state index >= 15 is 0 Å². The largest absolute Gasteiger partial charge is 0.546 e. The van der Waals surface area contributed by atoms with Gasteiger partial charge in [0.2, 0.25) is 5.90 Å². The molecule has 0 aromatic heterocycles. The number of ether oxygens (including phenoxy) is 3. The highest BCUT2D eigenvalue weighted by atomic mass is 16.6. The van der Waals surface area contributed by atoms with E-state index in [0.717, 1.165) is 0 Å². The Bertz CT molecular complexity index is 899. The van der Waals surface area contributed by atoms with Crippen molar-refractivity contribution in [2.75, 3.05) is 13.7 Å². The van der Waals surface area contributed by atoms with Gasteiger partial charge in [0.05, 0.1) is 13.1 Å². The van der Waals surface area contributed by atoms with Gasteiger partial charge < -0.3 is 24.1 Å². The maximum absolute atomic E-state index is 12.0. The number of carboxylic acids is 1. The van der Waals surface area contributed by atoms with Crippen molar-refractivity contribution in [3.05, 3.63) is 65.4 Å². The molecule has 1 aliphatic rings. The second-order valence-electron chi connectivity index (χ2n) is 5.30. The van der Waals surface area contributed by atoms with Crippen molar-refractivity contribution in [3.63, 3.8) is 0 Å². The van der Waals surface area contributed by atoms with Gasteiger partial charge in [-0.3, -0.25) is 0 Å². The molecule has 0 aliphatic carbocycles. The van der Waals surface area contributed by atoms with E-state index in [9.17, 15) is 14.7 Å². The first-order valence-electron chi connectivity index (χ1n) is 7.65. The molecule has 3 rings (SSSR count). The number of hydrogen-bond donors (Lipinski definition) is 0. The minimum absolute atomic E-state index is 0.159. The number of hydrogen-bond acceptors (Lipinski definition) is 7. The van der Waals surface area contributed by atoms with E-state index in [2.05, 4.69) is 4.99 Å². The number of aliphatic carboxylic acids is 1. The second-order valence-corrected chi connectivity index (χ2v) is 5.30. The van der Waals surface area contributed by atoms with Crippen LogP contribution in [0, 0.1) is 0 Å². The lowest BCUT2D eigenvalue weighted by Crippen LogP contribution is -2.28. The molecular formula is C19H14NO6-.